The highest BCUT2D eigenvalue weighted by Gasteiger charge is 2.75. The summed E-state index contributed by atoms with van der Waals surface area (Å²) in [6, 6.07) is 7.87. The normalized spacial score (nSPS) is 31.9. The number of carbonyl (C=O) groups is 5. The summed E-state index contributed by atoms with van der Waals surface area (Å²) in [4.78, 5) is 69.4. The SMILES string of the molecule is COC1C[C@H](OC(=O)OCC(Cl)(Cl)Cl)[C@@]2(C)C(=O)[C@H](OC(=O)OCC(Cl)(Cl)Cl)C3=C(C)CC[C@@](O)([C@@H](OC(=O)c4ccccc4)[C@@H]2[C@@]1(C)OC(C)=O)C3(C)C. The fourth-order valence-electron chi connectivity index (χ4n) is 8.46. The fraction of sp³-hybridized carbons (Fsp3) is 0.639. The number of alkyl halides is 6. The zero-order valence-electron chi connectivity index (χ0n) is 30.9. The van der Waals surface area contributed by atoms with E-state index in [0.29, 0.717) is 5.57 Å². The summed E-state index contributed by atoms with van der Waals surface area (Å²) < 4.78 is 36.0. The summed E-state index contributed by atoms with van der Waals surface area (Å²) >= 11 is 34.9. The molecule has 0 spiro atoms. The molecule has 1 aromatic carbocycles. The van der Waals surface area contributed by atoms with Crippen LogP contribution in [0.5, 0.6) is 0 Å². The number of aliphatic hydroxyl groups is 1. The molecule has 13 nitrogen and oxygen atoms in total. The van der Waals surface area contributed by atoms with E-state index in [9.17, 15) is 24.3 Å². The lowest BCUT2D eigenvalue weighted by Gasteiger charge is -2.64. The van der Waals surface area contributed by atoms with Crippen molar-refractivity contribution in [2.24, 2.45) is 16.7 Å². The van der Waals surface area contributed by atoms with Crippen molar-refractivity contribution >= 4 is 99.6 Å². The Morgan fingerprint density at radius 3 is 1.91 bits per heavy atom. The van der Waals surface area contributed by atoms with E-state index < -0.39 is 103 Å². The first kappa shape index (κ1) is 45.5. The number of methoxy groups -OCH3 is 1. The lowest BCUT2D eigenvalue weighted by Crippen LogP contribution is -2.77. The van der Waals surface area contributed by atoms with Crippen LogP contribution in [0.15, 0.2) is 41.5 Å². The number of ketones is 1. The smallest absolute Gasteiger partial charge is 0.456 e. The lowest BCUT2D eigenvalue weighted by atomic mass is 9.45. The van der Waals surface area contributed by atoms with Crippen molar-refractivity contribution in [3.05, 3.63) is 47.0 Å². The Bertz CT molecular complexity index is 1690. The molecule has 0 heterocycles. The van der Waals surface area contributed by atoms with Crippen LogP contribution in [0.25, 0.3) is 0 Å². The number of carbonyl (C=O) groups excluding carboxylic acids is 5. The number of esters is 2. The van der Waals surface area contributed by atoms with E-state index in [1.54, 1.807) is 39.0 Å². The molecule has 3 aliphatic rings. The molecule has 1 N–H and O–H groups in total. The predicted octanol–water partition coefficient (Wildman–Crippen LogP) is 7.81. The van der Waals surface area contributed by atoms with Gasteiger partial charge in [-0.25, -0.2) is 14.4 Å². The number of hydrogen-bond donors (Lipinski definition) is 1. The Morgan fingerprint density at radius 1 is 0.855 bits per heavy atom. The molecule has 3 aliphatic carbocycles. The van der Waals surface area contributed by atoms with Crippen LogP contribution in [-0.4, -0.2) is 98.7 Å². The van der Waals surface area contributed by atoms with Gasteiger partial charge in [-0.15, -0.1) is 0 Å². The summed E-state index contributed by atoms with van der Waals surface area (Å²) in [6.07, 6.45) is -9.51. The number of hydrogen-bond acceptors (Lipinski definition) is 13. The van der Waals surface area contributed by atoms with Crippen molar-refractivity contribution in [2.45, 2.75) is 104 Å². The first-order valence-electron chi connectivity index (χ1n) is 17.0. The van der Waals surface area contributed by atoms with E-state index in [1.807, 2.05) is 0 Å². The molecule has 1 aromatic rings. The Balaban J connectivity index is 2.08. The quantitative estimate of drug-likeness (QED) is 0.116. The molecule has 4 rings (SSSR count). The maximum absolute atomic E-state index is 15.7. The fourth-order valence-corrected chi connectivity index (χ4v) is 8.79. The van der Waals surface area contributed by atoms with Crippen molar-refractivity contribution in [3.8, 4) is 0 Å². The van der Waals surface area contributed by atoms with Gasteiger partial charge < -0.3 is 38.3 Å². The van der Waals surface area contributed by atoms with Crippen molar-refractivity contribution in [1.29, 1.82) is 0 Å². The minimum atomic E-state index is -2.20. The number of benzene rings is 1. The average molecular weight is 895 g/mol. The molecule has 1 unspecified atom stereocenters. The van der Waals surface area contributed by atoms with E-state index >= 15 is 4.79 Å². The summed E-state index contributed by atoms with van der Waals surface area (Å²) in [5.74, 6) is -4.28. The van der Waals surface area contributed by atoms with Crippen LogP contribution in [0.1, 0.15) is 71.2 Å². The largest absolute Gasteiger partial charge is 0.509 e. The molecule has 0 amide bonds. The van der Waals surface area contributed by atoms with Crippen molar-refractivity contribution in [2.75, 3.05) is 20.3 Å². The summed E-state index contributed by atoms with van der Waals surface area (Å²) in [5.41, 5.74) is -7.04. The molecular weight excluding hydrogens is 853 g/mol. The van der Waals surface area contributed by atoms with E-state index in [1.165, 1.54) is 33.1 Å². The molecule has 19 heteroatoms. The Hall–Kier alpha value is -2.23. The zero-order valence-corrected chi connectivity index (χ0v) is 35.5. The number of rotatable bonds is 8. The van der Waals surface area contributed by atoms with Crippen LogP contribution in [0.4, 0.5) is 9.59 Å². The minimum absolute atomic E-state index is 0.0715. The highest BCUT2D eigenvalue weighted by Crippen LogP contribution is 2.63. The third-order valence-corrected chi connectivity index (χ3v) is 11.6. The maximum atomic E-state index is 15.7. The highest BCUT2D eigenvalue weighted by atomic mass is 35.6. The number of ether oxygens (including phenoxy) is 7. The highest BCUT2D eigenvalue weighted by molar-refractivity contribution is 6.68. The van der Waals surface area contributed by atoms with E-state index in [4.69, 9.17) is 103 Å². The van der Waals surface area contributed by atoms with Gasteiger partial charge in [0.2, 0.25) is 7.59 Å². The number of fused-ring (bicyclic) bond motifs is 3. The van der Waals surface area contributed by atoms with Gasteiger partial charge in [0.25, 0.3) is 0 Å². The van der Waals surface area contributed by atoms with Crippen molar-refractivity contribution in [3.63, 3.8) is 0 Å². The van der Waals surface area contributed by atoms with Crippen LogP contribution in [0.2, 0.25) is 0 Å². The second-order valence-electron chi connectivity index (χ2n) is 14.7. The van der Waals surface area contributed by atoms with Gasteiger partial charge in [0, 0.05) is 25.9 Å². The predicted molar refractivity (Wildman–Crippen MR) is 202 cm³/mol. The van der Waals surface area contributed by atoms with Crippen molar-refractivity contribution < 1.29 is 62.2 Å². The van der Waals surface area contributed by atoms with Gasteiger partial charge in [-0.05, 0) is 51.3 Å². The monoisotopic (exact) mass is 892 g/mol. The topological polar surface area (TPSA) is 170 Å². The average Bonchev–Trinajstić information content (AvgIpc) is 3.07. The molecule has 0 saturated heterocycles. The van der Waals surface area contributed by atoms with Gasteiger partial charge in [-0.3, -0.25) is 9.59 Å². The summed E-state index contributed by atoms with van der Waals surface area (Å²) in [7, 11) is 1.29. The molecule has 2 bridgehead atoms. The van der Waals surface area contributed by atoms with Crippen LogP contribution in [0.3, 0.4) is 0 Å². The number of allylic oxidation sites excluding steroid dienone is 1. The van der Waals surface area contributed by atoms with E-state index in [2.05, 4.69) is 0 Å². The van der Waals surface area contributed by atoms with E-state index in [0.717, 1.165) is 6.92 Å². The van der Waals surface area contributed by atoms with Gasteiger partial charge in [-0.1, -0.05) is 107 Å². The van der Waals surface area contributed by atoms with Crippen LogP contribution in [0, 0.1) is 16.7 Å². The molecule has 0 aliphatic heterocycles. The molecule has 2 fully saturated rings. The lowest BCUT2D eigenvalue weighted by molar-refractivity contribution is -0.280. The molecule has 0 radical (unpaired) electrons. The second kappa shape index (κ2) is 16.6. The first-order valence-corrected chi connectivity index (χ1v) is 19.2. The van der Waals surface area contributed by atoms with Crippen LogP contribution >= 0.6 is 69.6 Å². The standard InChI is InChI=1S/C36H42Cl6O13/c1-18-13-14-34(48)27(54-28(45)20-11-9-8-10-12-20)25-32(5,26(44)24(23(18)31(34,3)4)53-30(47)51-17-36(40,41)42)21(52-29(46)50-16-35(37,38)39)15-22(49-7)33(25,6)55-19(2)43/h8-12,21-22,24-25,27,48H,13-17H2,1-7H3/t21-,22?,24+,25-,27-,32+,33-,34+/m0/s1. The molecule has 8 atom stereocenters. The van der Waals surface area contributed by atoms with E-state index in [-0.39, 0.29) is 30.4 Å². The Morgan fingerprint density at radius 2 is 1.40 bits per heavy atom. The molecular formula is C36H42Cl6O13. The van der Waals surface area contributed by atoms with Gasteiger partial charge >= 0.3 is 24.2 Å². The second-order valence-corrected chi connectivity index (χ2v) is 19.7. The van der Waals surface area contributed by atoms with Gasteiger partial charge in [0.05, 0.1) is 16.9 Å². The van der Waals surface area contributed by atoms with Gasteiger partial charge in [0.1, 0.15) is 42.7 Å². The molecule has 0 aromatic heterocycles. The van der Waals surface area contributed by atoms with Crippen molar-refractivity contribution in [1.82, 2.24) is 0 Å². The molecule has 2 saturated carbocycles. The first-order chi connectivity index (χ1) is 25.2. The zero-order chi connectivity index (χ0) is 41.5. The molecule has 306 valence electrons. The number of halogens is 6. The summed E-state index contributed by atoms with van der Waals surface area (Å²) in [5, 5.41) is 13.3. The van der Waals surface area contributed by atoms with Gasteiger partial charge in [-0.2, -0.15) is 0 Å². The molecule has 55 heavy (non-hydrogen) atoms. The number of Topliss-reactive ketones (excluding diaryl/α,β-unsaturated/α-hetero) is 1. The van der Waals surface area contributed by atoms with Crippen LogP contribution < -0.4 is 0 Å². The third kappa shape index (κ3) is 9.25. The Kier molecular flexibility index (Phi) is 13.7. The Labute approximate surface area is 348 Å². The maximum Gasteiger partial charge on any atom is 0.509 e. The minimum Gasteiger partial charge on any atom is -0.456 e. The summed E-state index contributed by atoms with van der Waals surface area (Å²) in [6.45, 7) is 7.28. The van der Waals surface area contributed by atoms with Crippen LogP contribution in [-0.2, 0) is 42.7 Å². The third-order valence-electron chi connectivity index (χ3n) is 11.0. The van der Waals surface area contributed by atoms with Gasteiger partial charge in [0.15, 0.2) is 11.9 Å².